The molecule has 0 amide bonds. The van der Waals surface area contributed by atoms with Crippen molar-refractivity contribution >= 4 is 17.3 Å². The molecule has 1 saturated carbocycles. The van der Waals surface area contributed by atoms with Gasteiger partial charge in [0.1, 0.15) is 17.3 Å². The Morgan fingerprint density at radius 3 is 2.22 bits per heavy atom. The minimum atomic E-state index is -0.475. The molecule has 3 atom stereocenters. The van der Waals surface area contributed by atoms with E-state index in [1.165, 1.54) is 6.92 Å². The molecule has 0 aromatic heterocycles. The van der Waals surface area contributed by atoms with E-state index in [1.54, 1.807) is 13.0 Å². The molecule has 2 aromatic carbocycles. The fraction of sp³-hybridized carbons (Fsp3) is 0.516. The Labute approximate surface area is 215 Å². The Kier molecular flexibility index (Phi) is 9.24. The van der Waals surface area contributed by atoms with Gasteiger partial charge in [0.05, 0.1) is 18.3 Å². The Hall–Kier alpha value is -2.79. The summed E-state index contributed by atoms with van der Waals surface area (Å²) in [6.45, 7) is 12.0. The summed E-state index contributed by atoms with van der Waals surface area (Å²) in [6.07, 6.45) is 2.34. The monoisotopic (exact) mass is 492 g/mol. The Bertz CT molecular complexity index is 1080. The molecule has 5 heteroatoms. The van der Waals surface area contributed by atoms with Gasteiger partial charge >= 0.3 is 0 Å². The maximum absolute atomic E-state index is 13.7. The van der Waals surface area contributed by atoms with Gasteiger partial charge < -0.3 is 9.47 Å². The summed E-state index contributed by atoms with van der Waals surface area (Å²) in [5, 5.41) is 0. The number of carbonyl (C=O) groups excluding carboxylic acids is 3. The minimum absolute atomic E-state index is 0.0474. The number of hydrogen-bond acceptors (Lipinski definition) is 5. The van der Waals surface area contributed by atoms with Crippen LogP contribution >= 0.6 is 0 Å². The molecular formula is C31H40O5. The highest BCUT2D eigenvalue weighted by atomic mass is 16.5. The van der Waals surface area contributed by atoms with Gasteiger partial charge in [-0.2, -0.15) is 0 Å². The molecule has 5 nitrogen and oxygen atoms in total. The van der Waals surface area contributed by atoms with Crippen LogP contribution in [0.25, 0.3) is 0 Å². The summed E-state index contributed by atoms with van der Waals surface area (Å²) in [6, 6.07) is 13.8. The van der Waals surface area contributed by atoms with E-state index in [-0.39, 0.29) is 41.7 Å². The molecule has 0 heterocycles. The van der Waals surface area contributed by atoms with Crippen LogP contribution in [0.3, 0.4) is 0 Å². The van der Waals surface area contributed by atoms with Crippen LogP contribution in [-0.4, -0.2) is 30.6 Å². The molecule has 194 valence electrons. The van der Waals surface area contributed by atoms with Gasteiger partial charge in [0.15, 0.2) is 5.78 Å². The van der Waals surface area contributed by atoms with Gasteiger partial charge in [-0.25, -0.2) is 0 Å². The molecule has 0 radical (unpaired) electrons. The third-order valence-electron chi connectivity index (χ3n) is 7.80. The molecule has 2 aromatic rings. The highest BCUT2D eigenvalue weighted by molar-refractivity contribution is 5.97. The summed E-state index contributed by atoms with van der Waals surface area (Å²) in [5.74, 6) is 0.346. The van der Waals surface area contributed by atoms with E-state index in [0.29, 0.717) is 30.9 Å². The molecule has 0 saturated heterocycles. The molecule has 36 heavy (non-hydrogen) atoms. The van der Waals surface area contributed by atoms with Crippen LogP contribution in [0, 0.1) is 18.3 Å². The van der Waals surface area contributed by atoms with E-state index in [0.717, 1.165) is 29.5 Å². The fourth-order valence-corrected chi connectivity index (χ4v) is 5.18. The summed E-state index contributed by atoms with van der Waals surface area (Å²) >= 11 is 0. The number of carbonyl (C=O) groups is 3. The normalized spacial score (nSPS) is 16.6. The molecule has 1 aliphatic carbocycles. The van der Waals surface area contributed by atoms with Crippen molar-refractivity contribution in [2.24, 2.45) is 11.3 Å². The zero-order valence-corrected chi connectivity index (χ0v) is 22.6. The predicted molar refractivity (Wildman–Crippen MR) is 142 cm³/mol. The van der Waals surface area contributed by atoms with Crippen molar-refractivity contribution in [3.63, 3.8) is 0 Å². The second-order valence-electron chi connectivity index (χ2n) is 10.2. The van der Waals surface area contributed by atoms with Gasteiger partial charge in [-0.1, -0.05) is 43.3 Å². The summed E-state index contributed by atoms with van der Waals surface area (Å²) < 4.78 is 12.0. The molecule has 0 aliphatic heterocycles. The van der Waals surface area contributed by atoms with E-state index in [4.69, 9.17) is 9.47 Å². The van der Waals surface area contributed by atoms with Crippen molar-refractivity contribution < 1.29 is 23.9 Å². The first-order valence-corrected chi connectivity index (χ1v) is 13.1. The Morgan fingerprint density at radius 2 is 1.67 bits per heavy atom. The first kappa shape index (κ1) is 27.8. The van der Waals surface area contributed by atoms with Crippen LogP contribution in [0.5, 0.6) is 5.75 Å². The first-order chi connectivity index (χ1) is 17.1. The topological polar surface area (TPSA) is 69.7 Å². The van der Waals surface area contributed by atoms with Gasteiger partial charge in [0.25, 0.3) is 0 Å². The van der Waals surface area contributed by atoms with E-state index in [9.17, 15) is 14.4 Å². The lowest BCUT2D eigenvalue weighted by Gasteiger charge is -2.28. The van der Waals surface area contributed by atoms with E-state index in [2.05, 4.69) is 6.92 Å². The number of hydrogen-bond donors (Lipinski definition) is 0. The molecule has 1 aliphatic rings. The highest BCUT2D eigenvalue weighted by Crippen LogP contribution is 2.51. The largest absolute Gasteiger partial charge is 0.493 e. The zero-order valence-electron chi connectivity index (χ0n) is 22.6. The van der Waals surface area contributed by atoms with Crippen LogP contribution in [-0.2, 0) is 14.3 Å². The van der Waals surface area contributed by atoms with Crippen molar-refractivity contribution in [3.8, 4) is 5.75 Å². The van der Waals surface area contributed by atoms with Gasteiger partial charge in [0.2, 0.25) is 0 Å². The van der Waals surface area contributed by atoms with E-state index < -0.39 is 5.41 Å². The smallest absolute Gasteiger partial charge is 0.163 e. The second kappa shape index (κ2) is 12.0. The van der Waals surface area contributed by atoms with E-state index in [1.807, 2.05) is 57.2 Å². The van der Waals surface area contributed by atoms with Crippen LogP contribution in [0.2, 0.25) is 0 Å². The number of ketones is 3. The summed E-state index contributed by atoms with van der Waals surface area (Å²) in [4.78, 5) is 38.1. The van der Waals surface area contributed by atoms with Gasteiger partial charge in [0, 0.05) is 24.4 Å². The van der Waals surface area contributed by atoms with E-state index >= 15 is 0 Å². The third-order valence-corrected chi connectivity index (χ3v) is 7.80. The van der Waals surface area contributed by atoms with Crippen molar-refractivity contribution in [2.45, 2.75) is 79.2 Å². The Morgan fingerprint density at radius 1 is 1.00 bits per heavy atom. The summed E-state index contributed by atoms with van der Waals surface area (Å²) in [5.41, 5.74) is 3.06. The first-order valence-electron chi connectivity index (χ1n) is 13.1. The van der Waals surface area contributed by atoms with Crippen LogP contribution in [0.4, 0.5) is 0 Å². The predicted octanol–water partition coefficient (Wildman–Crippen LogP) is 6.81. The lowest BCUT2D eigenvalue weighted by Crippen LogP contribution is -2.28. The molecule has 1 fully saturated rings. The maximum atomic E-state index is 13.7. The summed E-state index contributed by atoms with van der Waals surface area (Å²) in [7, 11) is 0. The van der Waals surface area contributed by atoms with Crippen molar-refractivity contribution in [1.29, 1.82) is 0 Å². The number of ether oxygens (including phenoxy) is 2. The molecule has 3 rings (SSSR count). The molecule has 1 unspecified atom stereocenters. The van der Waals surface area contributed by atoms with Crippen LogP contribution in [0.15, 0.2) is 42.5 Å². The van der Waals surface area contributed by atoms with Gasteiger partial charge in [-0.3, -0.25) is 14.4 Å². The second-order valence-corrected chi connectivity index (χ2v) is 10.2. The number of benzene rings is 2. The van der Waals surface area contributed by atoms with Gasteiger partial charge in [-0.05, 0) is 82.6 Å². The maximum Gasteiger partial charge on any atom is 0.163 e. The fourth-order valence-electron chi connectivity index (χ4n) is 5.18. The van der Waals surface area contributed by atoms with Crippen molar-refractivity contribution in [2.75, 3.05) is 13.2 Å². The lowest BCUT2D eigenvalue weighted by molar-refractivity contribution is -0.130. The lowest BCUT2D eigenvalue weighted by atomic mass is 9.77. The molecule has 0 bridgehead atoms. The highest BCUT2D eigenvalue weighted by Gasteiger charge is 2.49. The minimum Gasteiger partial charge on any atom is -0.493 e. The number of rotatable bonds is 14. The Balaban J connectivity index is 1.85. The standard InChI is InChI=1S/C31H40O5/c1-7-35-30-21(3)26(13-14-28(30)22(4)32)20(2)27(29(34)19-31(16-17-31)24(6)33)15-18-36-23(5)25-11-9-8-10-12-25/h8-14,20,23,27H,7,15-19H2,1-6H3/t20-,23-,27?/m1/s1. The van der Waals surface area contributed by atoms with Crippen LogP contribution < -0.4 is 4.74 Å². The van der Waals surface area contributed by atoms with Crippen molar-refractivity contribution in [3.05, 3.63) is 64.7 Å². The zero-order chi connectivity index (χ0) is 26.5. The van der Waals surface area contributed by atoms with Crippen molar-refractivity contribution in [1.82, 2.24) is 0 Å². The average Bonchev–Trinajstić information content (AvgIpc) is 3.63. The quantitative estimate of drug-likeness (QED) is 0.271. The van der Waals surface area contributed by atoms with Crippen LogP contribution in [0.1, 0.15) is 99.4 Å². The molecular weight excluding hydrogens is 452 g/mol. The average molecular weight is 493 g/mol. The SMILES string of the molecule is CCOc1c(C(C)=O)ccc([C@@H](C)C(CCO[C@H](C)c2ccccc2)C(=O)CC2(C(C)=O)CC2)c1C. The van der Waals surface area contributed by atoms with Gasteiger partial charge in [-0.15, -0.1) is 0 Å². The molecule has 0 N–H and O–H groups in total. The third kappa shape index (κ3) is 6.31. The molecule has 0 spiro atoms. The number of Topliss-reactive ketones (excluding diaryl/α,β-unsaturated/α-hetero) is 3.